The molecular formula is C20H25N3O2. The third-order valence-corrected chi connectivity index (χ3v) is 3.70. The molecule has 0 aliphatic rings. The number of amides is 2. The van der Waals surface area contributed by atoms with Crippen molar-refractivity contribution in [3.8, 4) is 0 Å². The number of carbonyl (C=O) groups is 2. The Morgan fingerprint density at radius 2 is 1.60 bits per heavy atom. The van der Waals surface area contributed by atoms with Crippen LogP contribution in [0.25, 0.3) is 0 Å². The van der Waals surface area contributed by atoms with Gasteiger partial charge in [0.2, 0.25) is 0 Å². The summed E-state index contributed by atoms with van der Waals surface area (Å²) in [5, 5.41) is 5.66. The number of nitrogens with zero attached hydrogens (tertiary/aromatic N) is 1. The number of pyridine rings is 1. The van der Waals surface area contributed by atoms with Gasteiger partial charge >= 0.3 is 0 Å². The molecule has 0 aliphatic heterocycles. The Kier molecular flexibility index (Phi) is 6.28. The summed E-state index contributed by atoms with van der Waals surface area (Å²) in [6.45, 7) is 8.74. The van der Waals surface area contributed by atoms with Gasteiger partial charge in [-0.05, 0) is 61.6 Å². The second kappa shape index (κ2) is 8.42. The van der Waals surface area contributed by atoms with Gasteiger partial charge in [0.05, 0.1) is 0 Å². The summed E-state index contributed by atoms with van der Waals surface area (Å²) in [5.41, 5.74) is 3.33. The van der Waals surface area contributed by atoms with E-state index in [4.69, 9.17) is 0 Å². The fourth-order valence-corrected chi connectivity index (χ4v) is 2.49. The van der Waals surface area contributed by atoms with Gasteiger partial charge < -0.3 is 10.6 Å². The second-order valence-corrected chi connectivity index (χ2v) is 6.68. The fourth-order valence-electron chi connectivity index (χ4n) is 2.49. The van der Waals surface area contributed by atoms with Crippen molar-refractivity contribution in [3.63, 3.8) is 0 Å². The monoisotopic (exact) mass is 339 g/mol. The zero-order chi connectivity index (χ0) is 18.4. The lowest BCUT2D eigenvalue weighted by molar-refractivity contribution is 0.0947. The van der Waals surface area contributed by atoms with Gasteiger partial charge in [-0.15, -0.1) is 0 Å². The quantitative estimate of drug-likeness (QED) is 0.842. The van der Waals surface area contributed by atoms with Crippen LogP contribution in [-0.2, 0) is 0 Å². The molecule has 0 radical (unpaired) electrons. The molecule has 2 rings (SSSR count). The van der Waals surface area contributed by atoms with Crippen LogP contribution in [0.2, 0.25) is 0 Å². The van der Waals surface area contributed by atoms with Gasteiger partial charge in [0.1, 0.15) is 11.4 Å². The van der Waals surface area contributed by atoms with E-state index < -0.39 is 0 Å². The molecule has 0 saturated heterocycles. The number of anilines is 1. The highest BCUT2D eigenvalue weighted by Crippen LogP contribution is 2.14. The molecule has 0 spiro atoms. The molecule has 2 N–H and O–H groups in total. The maximum absolute atomic E-state index is 12.4. The van der Waals surface area contributed by atoms with Gasteiger partial charge in [-0.2, -0.15) is 0 Å². The van der Waals surface area contributed by atoms with Crippen LogP contribution in [0.1, 0.15) is 52.4 Å². The first kappa shape index (κ1) is 18.6. The first-order valence-corrected chi connectivity index (χ1v) is 8.50. The predicted octanol–water partition coefficient (Wildman–Crippen LogP) is 3.73. The molecule has 1 aromatic carbocycles. The lowest BCUT2D eigenvalue weighted by Gasteiger charge is -2.09. The van der Waals surface area contributed by atoms with Crippen LogP contribution in [0.15, 0.2) is 36.4 Å². The van der Waals surface area contributed by atoms with Crippen LogP contribution < -0.4 is 10.6 Å². The highest BCUT2D eigenvalue weighted by molar-refractivity contribution is 6.03. The normalized spacial score (nSPS) is 10.6. The van der Waals surface area contributed by atoms with E-state index in [1.54, 1.807) is 18.2 Å². The molecule has 0 aliphatic carbocycles. The summed E-state index contributed by atoms with van der Waals surface area (Å²) >= 11 is 0. The summed E-state index contributed by atoms with van der Waals surface area (Å²) in [4.78, 5) is 28.7. The fraction of sp³-hybridized carbons (Fsp3) is 0.350. The summed E-state index contributed by atoms with van der Waals surface area (Å²) in [6, 6.07) is 10.7. The maximum Gasteiger partial charge on any atom is 0.274 e. The zero-order valence-electron chi connectivity index (χ0n) is 15.2. The topological polar surface area (TPSA) is 71.1 Å². The van der Waals surface area contributed by atoms with Crippen molar-refractivity contribution in [2.45, 2.75) is 34.1 Å². The standard InChI is InChI=1S/C20H25N3O2/c1-13(2)8-9-21-19(24)17-6-5-7-18(23-17)20(25)22-16-11-14(3)10-15(4)12-16/h5-7,10-13H,8-9H2,1-4H3,(H,21,24)(H,22,25). The van der Waals surface area contributed by atoms with Crippen molar-refractivity contribution < 1.29 is 9.59 Å². The number of aryl methyl sites for hydroxylation is 2. The number of rotatable bonds is 6. The SMILES string of the molecule is Cc1cc(C)cc(NC(=O)c2cccc(C(=O)NCCC(C)C)n2)c1. The molecule has 132 valence electrons. The number of hydrogen-bond acceptors (Lipinski definition) is 3. The van der Waals surface area contributed by atoms with E-state index in [2.05, 4.69) is 29.5 Å². The minimum atomic E-state index is -0.332. The number of aromatic nitrogens is 1. The molecule has 5 nitrogen and oxygen atoms in total. The van der Waals surface area contributed by atoms with Gasteiger partial charge in [-0.3, -0.25) is 9.59 Å². The third kappa shape index (κ3) is 5.71. The summed E-state index contributed by atoms with van der Waals surface area (Å²) < 4.78 is 0. The molecule has 5 heteroatoms. The van der Waals surface area contributed by atoms with E-state index in [-0.39, 0.29) is 23.2 Å². The van der Waals surface area contributed by atoms with Gasteiger partial charge in [0.15, 0.2) is 0 Å². The van der Waals surface area contributed by atoms with Gasteiger partial charge in [-0.25, -0.2) is 4.98 Å². The number of nitrogens with one attached hydrogen (secondary N) is 2. The molecule has 0 saturated carbocycles. The van der Waals surface area contributed by atoms with E-state index in [1.165, 1.54) is 0 Å². The van der Waals surface area contributed by atoms with Crippen molar-refractivity contribution in [2.75, 3.05) is 11.9 Å². The van der Waals surface area contributed by atoms with Crippen molar-refractivity contribution in [2.24, 2.45) is 5.92 Å². The van der Waals surface area contributed by atoms with Crippen molar-refractivity contribution >= 4 is 17.5 Å². The van der Waals surface area contributed by atoms with Crippen molar-refractivity contribution in [1.82, 2.24) is 10.3 Å². The van der Waals surface area contributed by atoms with Crippen LogP contribution in [0, 0.1) is 19.8 Å². The van der Waals surface area contributed by atoms with Crippen molar-refractivity contribution in [3.05, 3.63) is 58.9 Å². The first-order valence-electron chi connectivity index (χ1n) is 8.50. The Balaban J connectivity index is 2.06. The first-order chi connectivity index (χ1) is 11.8. The average Bonchev–Trinajstić information content (AvgIpc) is 2.53. The molecule has 25 heavy (non-hydrogen) atoms. The second-order valence-electron chi connectivity index (χ2n) is 6.68. The molecule has 0 atom stereocenters. The highest BCUT2D eigenvalue weighted by Gasteiger charge is 2.13. The largest absolute Gasteiger partial charge is 0.351 e. The predicted molar refractivity (Wildman–Crippen MR) is 99.9 cm³/mol. The smallest absolute Gasteiger partial charge is 0.274 e. The van der Waals surface area contributed by atoms with Gasteiger partial charge in [-0.1, -0.05) is 26.0 Å². The molecule has 2 aromatic rings. The maximum atomic E-state index is 12.4. The third-order valence-electron chi connectivity index (χ3n) is 3.70. The summed E-state index contributed by atoms with van der Waals surface area (Å²) in [5.74, 6) is -0.0771. The Morgan fingerprint density at radius 1 is 1.00 bits per heavy atom. The van der Waals surface area contributed by atoms with E-state index in [0.717, 1.165) is 23.2 Å². The average molecular weight is 339 g/mol. The Morgan fingerprint density at radius 3 is 2.20 bits per heavy atom. The summed E-state index contributed by atoms with van der Waals surface area (Å²) in [7, 11) is 0. The molecular weight excluding hydrogens is 314 g/mol. The number of hydrogen-bond donors (Lipinski definition) is 2. The van der Waals surface area contributed by atoms with E-state index in [9.17, 15) is 9.59 Å². The Hall–Kier alpha value is -2.69. The van der Waals surface area contributed by atoms with Crippen LogP contribution in [0.5, 0.6) is 0 Å². The van der Waals surface area contributed by atoms with Crippen LogP contribution >= 0.6 is 0 Å². The van der Waals surface area contributed by atoms with E-state index >= 15 is 0 Å². The Labute approximate surface area is 148 Å². The summed E-state index contributed by atoms with van der Waals surface area (Å²) in [6.07, 6.45) is 0.901. The lowest BCUT2D eigenvalue weighted by Crippen LogP contribution is -2.27. The number of benzene rings is 1. The van der Waals surface area contributed by atoms with E-state index in [1.807, 2.05) is 32.0 Å². The van der Waals surface area contributed by atoms with Crippen LogP contribution in [0.3, 0.4) is 0 Å². The molecule has 2 amide bonds. The van der Waals surface area contributed by atoms with E-state index in [0.29, 0.717) is 12.5 Å². The molecule has 1 heterocycles. The van der Waals surface area contributed by atoms with Gasteiger partial charge in [0.25, 0.3) is 11.8 Å². The zero-order valence-corrected chi connectivity index (χ0v) is 15.2. The van der Waals surface area contributed by atoms with Gasteiger partial charge in [0, 0.05) is 12.2 Å². The lowest BCUT2D eigenvalue weighted by atomic mass is 10.1. The molecule has 0 fully saturated rings. The highest BCUT2D eigenvalue weighted by atomic mass is 16.2. The van der Waals surface area contributed by atoms with Crippen molar-refractivity contribution in [1.29, 1.82) is 0 Å². The van der Waals surface area contributed by atoms with Crippen LogP contribution in [0.4, 0.5) is 5.69 Å². The molecule has 0 unspecified atom stereocenters. The minimum Gasteiger partial charge on any atom is -0.351 e. The molecule has 0 bridgehead atoms. The van der Waals surface area contributed by atoms with Crippen LogP contribution in [-0.4, -0.2) is 23.3 Å². The molecule has 1 aromatic heterocycles. The Bertz CT molecular complexity index is 749. The minimum absolute atomic E-state index is 0.218. The number of carbonyl (C=O) groups excluding carboxylic acids is 2.